The molecule has 0 N–H and O–H groups in total. The lowest BCUT2D eigenvalue weighted by Gasteiger charge is -2.37. The van der Waals surface area contributed by atoms with Crippen LogP contribution < -0.4 is 0 Å². The van der Waals surface area contributed by atoms with Gasteiger partial charge in [-0.2, -0.15) is 0 Å². The molecular formula is C13H23F. The fourth-order valence-electron chi connectivity index (χ4n) is 3.43. The molecular weight excluding hydrogens is 175 g/mol. The first-order valence-corrected chi connectivity index (χ1v) is 6.41. The van der Waals surface area contributed by atoms with Gasteiger partial charge in [0.15, 0.2) is 0 Å². The molecule has 0 aromatic carbocycles. The normalized spacial score (nSPS) is 41.1. The third-order valence-corrected chi connectivity index (χ3v) is 4.34. The molecule has 0 heterocycles. The summed E-state index contributed by atoms with van der Waals surface area (Å²) < 4.78 is 13.9. The van der Waals surface area contributed by atoms with Gasteiger partial charge in [0, 0.05) is 0 Å². The lowest BCUT2D eigenvalue weighted by molar-refractivity contribution is 0.0711. The molecule has 2 rings (SSSR count). The van der Waals surface area contributed by atoms with Crippen LogP contribution in [0.3, 0.4) is 0 Å². The maximum atomic E-state index is 13.9. The molecule has 0 aliphatic heterocycles. The maximum absolute atomic E-state index is 13.9. The molecule has 1 heteroatoms. The van der Waals surface area contributed by atoms with Crippen LogP contribution in [0, 0.1) is 17.8 Å². The highest BCUT2D eigenvalue weighted by molar-refractivity contribution is 4.84. The van der Waals surface area contributed by atoms with Gasteiger partial charge in [0.05, 0.1) is 0 Å². The van der Waals surface area contributed by atoms with Crippen LogP contribution in [-0.4, -0.2) is 6.17 Å². The van der Waals surface area contributed by atoms with Crippen molar-refractivity contribution in [2.45, 2.75) is 64.5 Å². The van der Waals surface area contributed by atoms with Crippen molar-refractivity contribution < 1.29 is 4.39 Å². The molecule has 0 saturated heterocycles. The van der Waals surface area contributed by atoms with Crippen molar-refractivity contribution in [1.82, 2.24) is 0 Å². The van der Waals surface area contributed by atoms with Crippen molar-refractivity contribution in [2.75, 3.05) is 0 Å². The van der Waals surface area contributed by atoms with Crippen LogP contribution in [0.5, 0.6) is 0 Å². The van der Waals surface area contributed by atoms with Gasteiger partial charge < -0.3 is 0 Å². The van der Waals surface area contributed by atoms with Gasteiger partial charge in [-0.25, -0.2) is 4.39 Å². The van der Waals surface area contributed by atoms with Crippen LogP contribution in [0.4, 0.5) is 4.39 Å². The predicted octanol–water partition coefficient (Wildman–Crippen LogP) is 4.34. The van der Waals surface area contributed by atoms with Gasteiger partial charge in [0.1, 0.15) is 6.17 Å². The molecule has 82 valence electrons. The molecule has 2 fully saturated rings. The molecule has 2 saturated carbocycles. The molecule has 0 amide bonds. The summed E-state index contributed by atoms with van der Waals surface area (Å²) in [5, 5.41) is 0. The Balaban J connectivity index is 1.89. The minimum atomic E-state index is -0.484. The Labute approximate surface area is 87.3 Å². The summed E-state index contributed by atoms with van der Waals surface area (Å²) in [7, 11) is 0. The minimum absolute atomic E-state index is 0.423. The van der Waals surface area contributed by atoms with E-state index < -0.39 is 6.17 Å². The third-order valence-electron chi connectivity index (χ3n) is 4.34. The van der Waals surface area contributed by atoms with E-state index in [1.54, 1.807) is 0 Å². The first kappa shape index (κ1) is 10.4. The fourth-order valence-corrected chi connectivity index (χ4v) is 3.43. The highest BCUT2D eigenvalue weighted by Crippen LogP contribution is 2.41. The Bertz CT molecular complexity index is 172. The summed E-state index contributed by atoms with van der Waals surface area (Å²) in [5.74, 6) is 1.78. The van der Waals surface area contributed by atoms with E-state index in [4.69, 9.17) is 0 Å². The first-order chi connectivity index (χ1) is 6.77. The standard InChI is InChI=1S/C13H23F/c1-10-7-8-12(13(14)9-10)11-5-3-2-4-6-11/h10-13H,2-9H2,1H3. The monoisotopic (exact) mass is 198 g/mol. The number of halogens is 1. The van der Waals surface area contributed by atoms with Gasteiger partial charge in [-0.3, -0.25) is 0 Å². The van der Waals surface area contributed by atoms with E-state index >= 15 is 0 Å². The second-order valence-corrected chi connectivity index (χ2v) is 5.50. The van der Waals surface area contributed by atoms with Gasteiger partial charge in [0.2, 0.25) is 0 Å². The van der Waals surface area contributed by atoms with E-state index in [-0.39, 0.29) is 0 Å². The molecule has 0 aromatic heterocycles. The third kappa shape index (κ3) is 2.29. The molecule has 0 nitrogen and oxygen atoms in total. The van der Waals surface area contributed by atoms with Crippen LogP contribution in [0.1, 0.15) is 58.3 Å². The van der Waals surface area contributed by atoms with Gasteiger partial charge in [-0.05, 0) is 30.6 Å². The minimum Gasteiger partial charge on any atom is -0.247 e. The Kier molecular flexibility index (Phi) is 3.46. The van der Waals surface area contributed by atoms with Gasteiger partial charge in [0.25, 0.3) is 0 Å². The van der Waals surface area contributed by atoms with Gasteiger partial charge in [-0.1, -0.05) is 45.4 Å². The van der Waals surface area contributed by atoms with Crippen LogP contribution in [0.15, 0.2) is 0 Å². The van der Waals surface area contributed by atoms with Crippen LogP contribution in [0.2, 0.25) is 0 Å². The lowest BCUT2D eigenvalue weighted by Crippen LogP contribution is -2.32. The Morgan fingerprint density at radius 1 is 0.929 bits per heavy atom. The molecule has 0 aromatic rings. The highest BCUT2D eigenvalue weighted by atomic mass is 19.1. The number of rotatable bonds is 1. The molecule has 2 aliphatic rings. The van der Waals surface area contributed by atoms with E-state index in [2.05, 4.69) is 6.92 Å². The summed E-state index contributed by atoms with van der Waals surface area (Å²) in [6, 6.07) is 0. The van der Waals surface area contributed by atoms with Crippen LogP contribution in [-0.2, 0) is 0 Å². The van der Waals surface area contributed by atoms with Crippen molar-refractivity contribution >= 4 is 0 Å². The zero-order valence-corrected chi connectivity index (χ0v) is 9.34. The van der Waals surface area contributed by atoms with E-state index in [1.165, 1.54) is 38.5 Å². The van der Waals surface area contributed by atoms with Crippen molar-refractivity contribution in [3.63, 3.8) is 0 Å². The molecule has 0 spiro atoms. The van der Waals surface area contributed by atoms with E-state index in [0.29, 0.717) is 11.8 Å². The summed E-state index contributed by atoms with van der Waals surface area (Å²) in [5.41, 5.74) is 0. The van der Waals surface area contributed by atoms with Crippen molar-refractivity contribution in [1.29, 1.82) is 0 Å². The first-order valence-electron chi connectivity index (χ1n) is 6.41. The molecule has 3 unspecified atom stereocenters. The molecule has 0 radical (unpaired) electrons. The summed E-state index contributed by atoms with van der Waals surface area (Å²) in [4.78, 5) is 0. The summed E-state index contributed by atoms with van der Waals surface area (Å²) in [6.45, 7) is 2.20. The van der Waals surface area contributed by atoms with Gasteiger partial charge >= 0.3 is 0 Å². The van der Waals surface area contributed by atoms with Crippen molar-refractivity contribution in [3.05, 3.63) is 0 Å². The Morgan fingerprint density at radius 2 is 1.64 bits per heavy atom. The van der Waals surface area contributed by atoms with Gasteiger partial charge in [-0.15, -0.1) is 0 Å². The molecule has 14 heavy (non-hydrogen) atoms. The number of alkyl halides is 1. The topological polar surface area (TPSA) is 0 Å². The SMILES string of the molecule is CC1CCC(C2CCCCC2)C(F)C1. The molecule has 2 aliphatic carbocycles. The summed E-state index contributed by atoms with van der Waals surface area (Å²) in [6.07, 6.45) is 9.47. The number of hydrogen-bond acceptors (Lipinski definition) is 0. The number of hydrogen-bond donors (Lipinski definition) is 0. The second kappa shape index (κ2) is 4.63. The van der Waals surface area contributed by atoms with Crippen molar-refractivity contribution in [3.8, 4) is 0 Å². The largest absolute Gasteiger partial charge is 0.247 e. The zero-order chi connectivity index (χ0) is 9.97. The molecule has 0 bridgehead atoms. The lowest BCUT2D eigenvalue weighted by atomic mass is 9.70. The van der Waals surface area contributed by atoms with E-state index in [9.17, 15) is 4.39 Å². The van der Waals surface area contributed by atoms with Crippen molar-refractivity contribution in [2.24, 2.45) is 17.8 Å². The second-order valence-electron chi connectivity index (χ2n) is 5.50. The van der Waals surface area contributed by atoms with Crippen LogP contribution >= 0.6 is 0 Å². The fraction of sp³-hybridized carbons (Fsp3) is 1.00. The predicted molar refractivity (Wildman–Crippen MR) is 58.0 cm³/mol. The maximum Gasteiger partial charge on any atom is 0.103 e. The Hall–Kier alpha value is -0.0700. The Morgan fingerprint density at radius 3 is 2.29 bits per heavy atom. The quantitative estimate of drug-likeness (QED) is 0.588. The average Bonchev–Trinajstić information content (AvgIpc) is 2.19. The van der Waals surface area contributed by atoms with E-state index in [0.717, 1.165) is 18.8 Å². The summed E-state index contributed by atoms with van der Waals surface area (Å²) >= 11 is 0. The zero-order valence-electron chi connectivity index (χ0n) is 9.34. The smallest absolute Gasteiger partial charge is 0.103 e. The van der Waals surface area contributed by atoms with Crippen LogP contribution in [0.25, 0.3) is 0 Å². The van der Waals surface area contributed by atoms with E-state index in [1.807, 2.05) is 0 Å². The average molecular weight is 198 g/mol. The highest BCUT2D eigenvalue weighted by Gasteiger charge is 2.34. The molecule has 3 atom stereocenters.